The number of aromatic nitrogens is 1. The van der Waals surface area contributed by atoms with Crippen LogP contribution in [0, 0.1) is 21.4 Å². The maximum atomic E-state index is 11.0. The van der Waals surface area contributed by atoms with Gasteiger partial charge in [0, 0.05) is 18.7 Å². The van der Waals surface area contributed by atoms with Crippen molar-refractivity contribution in [3.8, 4) is 17.3 Å². The molecular weight excluding hydrogens is 244 g/mol. The van der Waals surface area contributed by atoms with Crippen LogP contribution in [0.3, 0.4) is 0 Å². The molecule has 6 heteroatoms. The summed E-state index contributed by atoms with van der Waals surface area (Å²) in [7, 11) is 1.68. The van der Waals surface area contributed by atoms with Gasteiger partial charge in [-0.15, -0.1) is 0 Å². The fraction of sp³-hybridized carbons (Fsp3) is 0.0769. The highest BCUT2D eigenvalue weighted by Gasteiger charge is 2.17. The Labute approximate surface area is 109 Å². The van der Waals surface area contributed by atoms with Gasteiger partial charge < -0.3 is 5.32 Å². The van der Waals surface area contributed by atoms with Gasteiger partial charge >= 0.3 is 0 Å². The normalized spacial score (nSPS) is 9.68. The summed E-state index contributed by atoms with van der Waals surface area (Å²) in [5.74, 6) is 0.531. The summed E-state index contributed by atoms with van der Waals surface area (Å²) in [4.78, 5) is 14.7. The Morgan fingerprint density at radius 2 is 2.16 bits per heavy atom. The first-order valence-corrected chi connectivity index (χ1v) is 5.49. The van der Waals surface area contributed by atoms with Gasteiger partial charge in [-0.25, -0.2) is 4.98 Å². The molecule has 0 radical (unpaired) electrons. The van der Waals surface area contributed by atoms with E-state index in [4.69, 9.17) is 5.26 Å². The molecule has 2 aromatic rings. The van der Waals surface area contributed by atoms with Crippen LogP contribution >= 0.6 is 0 Å². The molecule has 0 aliphatic carbocycles. The second-order valence-corrected chi connectivity index (χ2v) is 3.76. The Kier molecular flexibility index (Phi) is 3.39. The lowest BCUT2D eigenvalue weighted by molar-refractivity contribution is -0.384. The summed E-state index contributed by atoms with van der Waals surface area (Å²) in [6.07, 6.45) is 0. The number of anilines is 1. The van der Waals surface area contributed by atoms with Crippen molar-refractivity contribution in [2.24, 2.45) is 0 Å². The monoisotopic (exact) mass is 254 g/mol. The van der Waals surface area contributed by atoms with Gasteiger partial charge in [0.2, 0.25) is 0 Å². The Bertz CT molecular complexity index is 677. The van der Waals surface area contributed by atoms with Crippen molar-refractivity contribution < 1.29 is 4.92 Å². The van der Waals surface area contributed by atoms with Gasteiger partial charge in [0.05, 0.1) is 16.6 Å². The lowest BCUT2D eigenvalue weighted by Gasteiger charge is -2.05. The predicted octanol–water partition coefficient (Wildman–Crippen LogP) is 2.57. The number of hydrogen-bond donors (Lipinski definition) is 1. The minimum atomic E-state index is -0.485. The molecule has 0 atom stereocenters. The average Bonchev–Trinajstić information content (AvgIpc) is 2.46. The van der Waals surface area contributed by atoms with E-state index in [1.165, 1.54) is 12.1 Å². The Morgan fingerprint density at radius 1 is 1.37 bits per heavy atom. The molecule has 2 rings (SSSR count). The van der Waals surface area contributed by atoms with E-state index in [2.05, 4.69) is 10.3 Å². The predicted molar refractivity (Wildman–Crippen MR) is 70.6 cm³/mol. The molecule has 94 valence electrons. The summed E-state index contributed by atoms with van der Waals surface area (Å²) < 4.78 is 0. The van der Waals surface area contributed by atoms with E-state index in [-0.39, 0.29) is 11.4 Å². The molecule has 0 bridgehead atoms. The minimum absolute atomic E-state index is 0.0888. The van der Waals surface area contributed by atoms with Gasteiger partial charge in [0.1, 0.15) is 5.82 Å². The van der Waals surface area contributed by atoms with E-state index in [0.717, 1.165) is 0 Å². The van der Waals surface area contributed by atoms with Gasteiger partial charge in [-0.05, 0) is 18.2 Å². The Morgan fingerprint density at radius 3 is 2.79 bits per heavy atom. The SMILES string of the molecule is CNc1ccc([N+](=O)[O-])c(-c2cccc(C#N)c2)n1. The molecule has 0 aliphatic heterocycles. The maximum Gasteiger partial charge on any atom is 0.295 e. The largest absolute Gasteiger partial charge is 0.373 e. The second kappa shape index (κ2) is 5.14. The van der Waals surface area contributed by atoms with Crippen LogP contribution in [0.2, 0.25) is 0 Å². The summed E-state index contributed by atoms with van der Waals surface area (Å²) in [5.41, 5.74) is 1.13. The highest BCUT2D eigenvalue weighted by molar-refractivity contribution is 5.72. The number of nitrogens with zero attached hydrogens (tertiary/aromatic N) is 3. The fourth-order valence-corrected chi connectivity index (χ4v) is 1.69. The highest BCUT2D eigenvalue weighted by Crippen LogP contribution is 2.29. The van der Waals surface area contributed by atoms with Crippen molar-refractivity contribution in [2.45, 2.75) is 0 Å². The topological polar surface area (TPSA) is 91.9 Å². The first kappa shape index (κ1) is 12.5. The van der Waals surface area contributed by atoms with E-state index < -0.39 is 4.92 Å². The van der Waals surface area contributed by atoms with E-state index in [9.17, 15) is 10.1 Å². The molecule has 6 nitrogen and oxygen atoms in total. The van der Waals surface area contributed by atoms with Crippen molar-refractivity contribution in [1.29, 1.82) is 5.26 Å². The molecular formula is C13H10N4O2. The van der Waals surface area contributed by atoms with Crippen LogP contribution in [0.4, 0.5) is 11.5 Å². The van der Waals surface area contributed by atoms with Gasteiger partial charge in [0.15, 0.2) is 5.69 Å². The number of rotatable bonds is 3. The molecule has 1 aromatic carbocycles. The van der Waals surface area contributed by atoms with Gasteiger partial charge in [-0.3, -0.25) is 10.1 Å². The third kappa shape index (κ3) is 2.50. The molecule has 1 heterocycles. The van der Waals surface area contributed by atoms with Crippen LogP contribution < -0.4 is 5.32 Å². The molecule has 1 N–H and O–H groups in total. The third-order valence-corrected chi connectivity index (χ3v) is 2.59. The van der Waals surface area contributed by atoms with E-state index in [1.807, 2.05) is 6.07 Å². The second-order valence-electron chi connectivity index (χ2n) is 3.76. The van der Waals surface area contributed by atoms with Crippen LogP contribution in [-0.2, 0) is 0 Å². The van der Waals surface area contributed by atoms with E-state index in [0.29, 0.717) is 16.9 Å². The fourth-order valence-electron chi connectivity index (χ4n) is 1.69. The highest BCUT2D eigenvalue weighted by atomic mass is 16.6. The van der Waals surface area contributed by atoms with Crippen molar-refractivity contribution in [1.82, 2.24) is 4.98 Å². The zero-order valence-electron chi connectivity index (χ0n) is 10.1. The third-order valence-electron chi connectivity index (χ3n) is 2.59. The van der Waals surface area contributed by atoms with Crippen molar-refractivity contribution in [3.63, 3.8) is 0 Å². The minimum Gasteiger partial charge on any atom is -0.373 e. The van der Waals surface area contributed by atoms with Crippen LogP contribution in [0.1, 0.15) is 5.56 Å². The van der Waals surface area contributed by atoms with Crippen molar-refractivity contribution in [2.75, 3.05) is 12.4 Å². The Hall–Kier alpha value is -2.94. The van der Waals surface area contributed by atoms with Gasteiger partial charge in [-0.1, -0.05) is 12.1 Å². The van der Waals surface area contributed by atoms with Gasteiger partial charge in [-0.2, -0.15) is 5.26 Å². The smallest absolute Gasteiger partial charge is 0.295 e. The zero-order valence-corrected chi connectivity index (χ0v) is 10.1. The molecule has 0 saturated heterocycles. The lowest BCUT2D eigenvalue weighted by atomic mass is 10.1. The summed E-state index contributed by atoms with van der Waals surface area (Å²) >= 11 is 0. The molecule has 0 fully saturated rings. The Balaban J connectivity index is 2.64. The van der Waals surface area contributed by atoms with Gasteiger partial charge in [0.25, 0.3) is 5.69 Å². The van der Waals surface area contributed by atoms with Crippen LogP contribution in [0.5, 0.6) is 0 Å². The van der Waals surface area contributed by atoms with Crippen LogP contribution in [0.15, 0.2) is 36.4 Å². The quantitative estimate of drug-likeness (QED) is 0.671. The number of hydrogen-bond acceptors (Lipinski definition) is 5. The average molecular weight is 254 g/mol. The zero-order chi connectivity index (χ0) is 13.8. The van der Waals surface area contributed by atoms with Crippen molar-refractivity contribution in [3.05, 3.63) is 52.1 Å². The number of pyridine rings is 1. The van der Waals surface area contributed by atoms with E-state index in [1.54, 1.807) is 31.3 Å². The summed E-state index contributed by atoms with van der Waals surface area (Å²) in [6.45, 7) is 0. The summed E-state index contributed by atoms with van der Waals surface area (Å²) in [6, 6.07) is 11.5. The van der Waals surface area contributed by atoms with Crippen molar-refractivity contribution >= 4 is 11.5 Å². The number of nitrogens with one attached hydrogen (secondary N) is 1. The first-order chi connectivity index (χ1) is 9.15. The van der Waals surface area contributed by atoms with Crippen LogP contribution in [0.25, 0.3) is 11.3 Å². The lowest BCUT2D eigenvalue weighted by Crippen LogP contribution is -1.99. The number of nitro groups is 1. The number of nitriles is 1. The number of benzene rings is 1. The molecule has 19 heavy (non-hydrogen) atoms. The standard InChI is InChI=1S/C13H10N4O2/c1-15-12-6-5-11(17(18)19)13(16-12)10-4-2-3-9(7-10)8-14/h2-7H,1H3,(H,15,16). The summed E-state index contributed by atoms with van der Waals surface area (Å²) in [5, 5.41) is 22.7. The van der Waals surface area contributed by atoms with E-state index >= 15 is 0 Å². The first-order valence-electron chi connectivity index (χ1n) is 5.49. The maximum absolute atomic E-state index is 11.0. The molecule has 0 aliphatic rings. The molecule has 0 unspecified atom stereocenters. The molecule has 0 amide bonds. The molecule has 1 aromatic heterocycles. The molecule has 0 saturated carbocycles. The van der Waals surface area contributed by atoms with Crippen LogP contribution in [-0.4, -0.2) is 17.0 Å². The molecule has 0 spiro atoms.